The SMILES string of the molecule is CCSNC(=NN)OC.I. The van der Waals surface area contributed by atoms with Crippen LogP contribution >= 0.6 is 35.9 Å². The van der Waals surface area contributed by atoms with Crippen molar-refractivity contribution < 1.29 is 4.74 Å². The lowest BCUT2D eigenvalue weighted by Crippen LogP contribution is -2.19. The van der Waals surface area contributed by atoms with Crippen molar-refractivity contribution in [3.05, 3.63) is 0 Å². The Hall–Kier alpha value is 0.150. The van der Waals surface area contributed by atoms with Gasteiger partial charge in [0.05, 0.1) is 7.11 Å². The van der Waals surface area contributed by atoms with Crippen molar-refractivity contribution in [1.82, 2.24) is 4.72 Å². The molecule has 0 aromatic carbocycles. The van der Waals surface area contributed by atoms with Crippen LogP contribution in [0.25, 0.3) is 0 Å². The van der Waals surface area contributed by atoms with Gasteiger partial charge in [0, 0.05) is 5.75 Å². The normalized spacial score (nSPS) is 10.0. The summed E-state index contributed by atoms with van der Waals surface area (Å²) in [7, 11) is 1.51. The molecule has 0 heterocycles. The molecule has 0 fully saturated rings. The van der Waals surface area contributed by atoms with Crippen molar-refractivity contribution in [3.8, 4) is 0 Å². The molecule has 0 amide bonds. The molecule has 0 atom stereocenters. The van der Waals surface area contributed by atoms with Crippen LogP contribution < -0.4 is 10.6 Å². The lowest BCUT2D eigenvalue weighted by molar-refractivity contribution is 0.390. The maximum absolute atomic E-state index is 4.91. The molecule has 6 heteroatoms. The van der Waals surface area contributed by atoms with E-state index in [1.165, 1.54) is 19.1 Å². The van der Waals surface area contributed by atoms with Gasteiger partial charge < -0.3 is 10.6 Å². The molecule has 0 aliphatic carbocycles. The van der Waals surface area contributed by atoms with Gasteiger partial charge in [0.1, 0.15) is 0 Å². The largest absolute Gasteiger partial charge is 0.467 e. The molecule has 0 saturated heterocycles. The van der Waals surface area contributed by atoms with Crippen LogP contribution in [0.1, 0.15) is 6.92 Å². The summed E-state index contributed by atoms with van der Waals surface area (Å²) in [5.41, 5.74) is 0. The van der Waals surface area contributed by atoms with E-state index in [0.717, 1.165) is 5.75 Å². The number of halogens is 1. The van der Waals surface area contributed by atoms with Gasteiger partial charge in [-0.1, -0.05) is 6.92 Å². The fourth-order valence-electron chi connectivity index (χ4n) is 0.255. The second-order valence-corrected chi connectivity index (χ2v) is 2.24. The first-order valence-corrected chi connectivity index (χ1v) is 3.53. The van der Waals surface area contributed by atoms with Gasteiger partial charge in [-0.05, 0) is 11.9 Å². The molecule has 0 aromatic rings. The smallest absolute Gasteiger partial charge is 0.316 e. The number of hydrazone groups is 1. The lowest BCUT2D eigenvalue weighted by Gasteiger charge is -2.02. The number of rotatable bonds is 2. The van der Waals surface area contributed by atoms with Gasteiger partial charge in [0.2, 0.25) is 0 Å². The first kappa shape index (κ1) is 12.8. The first-order chi connectivity index (χ1) is 4.35. The second-order valence-electron chi connectivity index (χ2n) is 1.17. The summed E-state index contributed by atoms with van der Waals surface area (Å²) < 4.78 is 7.48. The third-order valence-electron chi connectivity index (χ3n) is 0.614. The van der Waals surface area contributed by atoms with E-state index in [2.05, 4.69) is 9.82 Å². The Labute approximate surface area is 82.1 Å². The highest BCUT2D eigenvalue weighted by Crippen LogP contribution is 1.89. The van der Waals surface area contributed by atoms with Gasteiger partial charge in [-0.3, -0.25) is 4.72 Å². The van der Waals surface area contributed by atoms with Gasteiger partial charge in [0.25, 0.3) is 0 Å². The highest BCUT2D eigenvalue weighted by molar-refractivity contribution is 14.0. The lowest BCUT2D eigenvalue weighted by atomic mass is 11.0. The molecule has 0 spiro atoms. The van der Waals surface area contributed by atoms with Crippen LogP contribution in [0.3, 0.4) is 0 Å². The third kappa shape index (κ3) is 6.27. The monoisotopic (exact) mass is 277 g/mol. The number of nitrogens with one attached hydrogen (secondary N) is 1. The molecule has 10 heavy (non-hydrogen) atoms. The Morgan fingerprint density at radius 2 is 2.40 bits per heavy atom. The van der Waals surface area contributed by atoms with Crippen molar-refractivity contribution in [1.29, 1.82) is 0 Å². The maximum Gasteiger partial charge on any atom is 0.316 e. The number of ether oxygens (including phenoxy) is 1. The topological polar surface area (TPSA) is 59.6 Å². The van der Waals surface area contributed by atoms with E-state index in [1.54, 1.807) is 0 Å². The summed E-state index contributed by atoms with van der Waals surface area (Å²) in [5.74, 6) is 5.86. The molecule has 0 aromatic heterocycles. The molecular formula is C4H12IN3OS. The Balaban J connectivity index is 0. The molecule has 0 bridgehead atoms. The molecule has 0 radical (unpaired) electrons. The number of hydrogen-bond donors (Lipinski definition) is 2. The quantitative estimate of drug-likeness (QED) is 0.195. The number of methoxy groups -OCH3 is 1. The van der Waals surface area contributed by atoms with E-state index in [-0.39, 0.29) is 24.0 Å². The van der Waals surface area contributed by atoms with E-state index in [0.29, 0.717) is 6.02 Å². The van der Waals surface area contributed by atoms with Gasteiger partial charge in [-0.25, -0.2) is 0 Å². The van der Waals surface area contributed by atoms with Crippen LogP contribution in [-0.2, 0) is 4.74 Å². The number of nitrogens with two attached hydrogens (primary N) is 1. The number of nitrogens with zero attached hydrogens (tertiary/aromatic N) is 1. The standard InChI is InChI=1S/C4H11N3OS.HI/c1-3-9-7-4(6-5)8-2;/h3,5H2,1-2H3,(H,6,7);1H. The minimum absolute atomic E-state index is 0. The zero-order chi connectivity index (χ0) is 7.11. The third-order valence-corrected chi connectivity index (χ3v) is 1.22. The van der Waals surface area contributed by atoms with E-state index in [9.17, 15) is 0 Å². The van der Waals surface area contributed by atoms with E-state index < -0.39 is 0 Å². The van der Waals surface area contributed by atoms with Crippen LogP contribution in [0.15, 0.2) is 5.10 Å². The zero-order valence-electron chi connectivity index (χ0n) is 5.96. The average molecular weight is 277 g/mol. The van der Waals surface area contributed by atoms with E-state index in [1.807, 2.05) is 6.92 Å². The summed E-state index contributed by atoms with van der Waals surface area (Å²) in [6.45, 7) is 2.02. The predicted molar refractivity (Wildman–Crippen MR) is 55.3 cm³/mol. The van der Waals surface area contributed by atoms with Gasteiger partial charge >= 0.3 is 6.02 Å². The minimum Gasteiger partial charge on any atom is -0.467 e. The molecule has 0 aliphatic rings. The molecule has 62 valence electrons. The summed E-state index contributed by atoms with van der Waals surface area (Å²) in [6, 6.07) is 0.349. The fourth-order valence-corrected chi connectivity index (χ4v) is 0.658. The van der Waals surface area contributed by atoms with Crippen LogP contribution in [-0.4, -0.2) is 18.9 Å². The fraction of sp³-hybridized carbons (Fsp3) is 0.750. The summed E-state index contributed by atoms with van der Waals surface area (Å²) >= 11 is 1.48. The maximum atomic E-state index is 4.91. The molecule has 0 unspecified atom stereocenters. The Morgan fingerprint density at radius 1 is 1.80 bits per heavy atom. The first-order valence-electron chi connectivity index (χ1n) is 2.54. The van der Waals surface area contributed by atoms with E-state index in [4.69, 9.17) is 10.6 Å². The van der Waals surface area contributed by atoms with Crippen molar-refractivity contribution >= 4 is 41.9 Å². The highest BCUT2D eigenvalue weighted by Gasteiger charge is 1.91. The van der Waals surface area contributed by atoms with Crippen LogP contribution in [0.2, 0.25) is 0 Å². The van der Waals surface area contributed by atoms with Crippen LogP contribution in [0.4, 0.5) is 0 Å². The van der Waals surface area contributed by atoms with E-state index >= 15 is 0 Å². The number of amidine groups is 1. The molecule has 3 N–H and O–H groups in total. The zero-order valence-corrected chi connectivity index (χ0v) is 9.10. The Bertz CT molecular complexity index is 101. The van der Waals surface area contributed by atoms with Crippen molar-refractivity contribution in [2.24, 2.45) is 10.9 Å². The van der Waals surface area contributed by atoms with Crippen LogP contribution in [0, 0.1) is 0 Å². The Morgan fingerprint density at radius 3 is 2.70 bits per heavy atom. The summed E-state index contributed by atoms with van der Waals surface area (Å²) in [5, 5.41) is 3.31. The molecule has 4 nitrogen and oxygen atoms in total. The van der Waals surface area contributed by atoms with Gasteiger partial charge in [-0.2, -0.15) is 0 Å². The van der Waals surface area contributed by atoms with Crippen molar-refractivity contribution in [3.63, 3.8) is 0 Å². The van der Waals surface area contributed by atoms with Crippen LogP contribution in [0.5, 0.6) is 0 Å². The van der Waals surface area contributed by atoms with Crippen molar-refractivity contribution in [2.45, 2.75) is 6.92 Å². The van der Waals surface area contributed by atoms with Gasteiger partial charge in [0.15, 0.2) is 0 Å². The minimum atomic E-state index is 0. The molecular weight excluding hydrogens is 265 g/mol. The molecule has 0 aliphatic heterocycles. The average Bonchev–Trinajstić information content (AvgIpc) is 1.91. The highest BCUT2D eigenvalue weighted by atomic mass is 127. The molecule has 0 saturated carbocycles. The summed E-state index contributed by atoms with van der Waals surface area (Å²) in [4.78, 5) is 0. The summed E-state index contributed by atoms with van der Waals surface area (Å²) in [6.07, 6.45) is 0. The van der Waals surface area contributed by atoms with Gasteiger partial charge in [-0.15, -0.1) is 29.1 Å². The predicted octanol–water partition coefficient (Wildman–Crippen LogP) is 0.738. The number of hydrogen-bond acceptors (Lipinski definition) is 4. The Kier molecular flexibility index (Phi) is 11.7. The molecule has 0 rings (SSSR count). The second kappa shape index (κ2) is 9.15. The van der Waals surface area contributed by atoms with Crippen molar-refractivity contribution in [2.75, 3.05) is 12.9 Å².